The number of fused-ring (bicyclic) bond motifs is 7. The van der Waals surface area contributed by atoms with Crippen LogP contribution in [0.1, 0.15) is 27.2 Å². The Balaban J connectivity index is 1.55. The first-order valence-electron chi connectivity index (χ1n) is 11.6. The van der Waals surface area contributed by atoms with E-state index in [-0.39, 0.29) is 19.4 Å². The maximum absolute atomic E-state index is 13.6. The zero-order chi connectivity index (χ0) is 23.7. The van der Waals surface area contributed by atoms with Gasteiger partial charge in [-0.1, -0.05) is 36.9 Å². The zero-order valence-electron chi connectivity index (χ0n) is 19.2. The number of aromatic nitrogens is 1. The molecule has 7 rings (SSSR count). The SMILES string of the molecule is C=C(C(=O)c1ccccc1)c1c2c3c(ccc2c(C)c2[n+]1CCc1cc4c(cc1-2)OCO4)OCO3. The molecular formula is C29H22NO5+. The van der Waals surface area contributed by atoms with E-state index in [1.807, 2.05) is 42.5 Å². The van der Waals surface area contributed by atoms with Crippen LogP contribution in [0.15, 0.2) is 61.2 Å². The van der Waals surface area contributed by atoms with E-state index in [2.05, 4.69) is 30.2 Å². The van der Waals surface area contributed by atoms with Crippen LogP contribution in [0.3, 0.4) is 0 Å². The van der Waals surface area contributed by atoms with Gasteiger partial charge in [0.2, 0.25) is 25.0 Å². The third-order valence-electron chi connectivity index (χ3n) is 7.13. The number of benzene rings is 3. The van der Waals surface area contributed by atoms with Crippen molar-refractivity contribution < 1.29 is 28.3 Å². The molecule has 0 atom stereocenters. The lowest BCUT2D eigenvalue weighted by Crippen LogP contribution is -2.45. The number of nitrogens with zero attached hydrogens (tertiary/aromatic N) is 1. The maximum atomic E-state index is 13.6. The summed E-state index contributed by atoms with van der Waals surface area (Å²) in [5, 5.41) is 1.86. The molecular weight excluding hydrogens is 442 g/mol. The van der Waals surface area contributed by atoms with Gasteiger partial charge in [0, 0.05) is 22.9 Å². The number of allylic oxidation sites excluding steroid dienone is 1. The van der Waals surface area contributed by atoms with Crippen LogP contribution < -0.4 is 23.5 Å². The highest BCUT2D eigenvalue weighted by molar-refractivity contribution is 6.30. The van der Waals surface area contributed by atoms with Crippen LogP contribution in [0.25, 0.3) is 27.6 Å². The lowest BCUT2D eigenvalue weighted by molar-refractivity contribution is -0.688. The molecule has 6 nitrogen and oxygen atoms in total. The Morgan fingerprint density at radius 3 is 2.49 bits per heavy atom. The highest BCUT2D eigenvalue weighted by Gasteiger charge is 2.38. The van der Waals surface area contributed by atoms with E-state index in [0.29, 0.717) is 29.2 Å². The Labute approximate surface area is 201 Å². The Kier molecular flexibility index (Phi) is 4.21. The molecule has 0 aliphatic carbocycles. The normalized spacial score (nSPS) is 14.5. The molecule has 4 aromatic rings. The van der Waals surface area contributed by atoms with Crippen LogP contribution in [0, 0.1) is 6.92 Å². The monoisotopic (exact) mass is 464 g/mol. The van der Waals surface area contributed by atoms with E-state index >= 15 is 0 Å². The van der Waals surface area contributed by atoms with Crippen LogP contribution in [-0.2, 0) is 13.0 Å². The second kappa shape index (κ2) is 7.34. The van der Waals surface area contributed by atoms with Crippen molar-refractivity contribution in [3.05, 3.63) is 83.6 Å². The van der Waals surface area contributed by atoms with Crippen LogP contribution in [0.4, 0.5) is 0 Å². The van der Waals surface area contributed by atoms with Gasteiger partial charge in [0.25, 0.3) is 0 Å². The van der Waals surface area contributed by atoms with Crippen LogP contribution in [-0.4, -0.2) is 19.4 Å². The van der Waals surface area contributed by atoms with Crippen molar-refractivity contribution in [1.82, 2.24) is 0 Å². The van der Waals surface area contributed by atoms with E-state index in [1.54, 1.807) is 0 Å². The first-order chi connectivity index (χ1) is 17.1. The number of hydrogen-bond acceptors (Lipinski definition) is 5. The molecule has 0 unspecified atom stereocenters. The summed E-state index contributed by atoms with van der Waals surface area (Å²) in [5.41, 5.74) is 6.22. The molecule has 0 fully saturated rings. The van der Waals surface area contributed by atoms with Gasteiger partial charge < -0.3 is 18.9 Å². The number of ether oxygens (including phenoxy) is 4. The molecule has 3 aliphatic rings. The Morgan fingerprint density at radius 2 is 1.66 bits per heavy atom. The van der Waals surface area contributed by atoms with Gasteiger partial charge in [0.15, 0.2) is 35.3 Å². The molecule has 6 heteroatoms. The minimum absolute atomic E-state index is 0.113. The number of carbonyl (C=O) groups excluding carboxylic acids is 1. The molecule has 0 spiro atoms. The van der Waals surface area contributed by atoms with E-state index in [9.17, 15) is 4.79 Å². The van der Waals surface area contributed by atoms with Gasteiger partial charge in [-0.25, -0.2) is 0 Å². The molecule has 0 saturated carbocycles. The van der Waals surface area contributed by atoms with Crippen molar-refractivity contribution in [2.45, 2.75) is 19.9 Å². The molecule has 4 heterocycles. The summed E-state index contributed by atoms with van der Waals surface area (Å²) in [6.07, 6.45) is 0.792. The topological polar surface area (TPSA) is 57.9 Å². The Morgan fingerprint density at radius 1 is 0.914 bits per heavy atom. The molecule has 172 valence electrons. The summed E-state index contributed by atoms with van der Waals surface area (Å²) in [5.74, 6) is 2.75. The average molecular weight is 464 g/mol. The minimum Gasteiger partial charge on any atom is -0.454 e. The molecule has 0 bridgehead atoms. The van der Waals surface area contributed by atoms with Gasteiger partial charge in [0.1, 0.15) is 5.39 Å². The molecule has 1 aromatic heterocycles. The van der Waals surface area contributed by atoms with E-state index < -0.39 is 0 Å². The number of pyridine rings is 1. The van der Waals surface area contributed by atoms with Crippen LogP contribution in [0.2, 0.25) is 0 Å². The van der Waals surface area contributed by atoms with E-state index in [1.165, 1.54) is 5.56 Å². The Bertz CT molecular complexity index is 1590. The highest BCUT2D eigenvalue weighted by Crippen LogP contribution is 2.47. The summed E-state index contributed by atoms with van der Waals surface area (Å²) in [7, 11) is 0. The molecule has 0 radical (unpaired) electrons. The number of aryl methyl sites for hydroxylation is 2. The van der Waals surface area contributed by atoms with Gasteiger partial charge in [-0.3, -0.25) is 4.79 Å². The van der Waals surface area contributed by atoms with Crippen molar-refractivity contribution in [3.63, 3.8) is 0 Å². The number of ketones is 1. The van der Waals surface area contributed by atoms with Gasteiger partial charge in [-0.05, 0) is 36.8 Å². The van der Waals surface area contributed by atoms with E-state index in [4.69, 9.17) is 18.9 Å². The lowest BCUT2D eigenvalue weighted by atomic mass is 9.88. The number of carbonyl (C=O) groups is 1. The maximum Gasteiger partial charge on any atom is 0.231 e. The molecule has 3 aliphatic heterocycles. The first-order valence-corrected chi connectivity index (χ1v) is 11.6. The largest absolute Gasteiger partial charge is 0.454 e. The molecule has 0 N–H and O–H groups in total. The third-order valence-corrected chi connectivity index (χ3v) is 7.13. The summed E-state index contributed by atoms with van der Waals surface area (Å²) in [6.45, 7) is 7.50. The van der Waals surface area contributed by atoms with Crippen molar-refractivity contribution in [2.75, 3.05) is 13.6 Å². The molecule has 0 amide bonds. The smallest absolute Gasteiger partial charge is 0.231 e. The fraction of sp³-hybridized carbons (Fsp3) is 0.172. The average Bonchev–Trinajstić information content (AvgIpc) is 3.56. The minimum atomic E-state index is -0.113. The first kappa shape index (κ1) is 20.1. The standard InChI is InChI=1S/C29H22NO5/c1-16-20-8-9-22-29(35-15-32-22)25(20)27(17(2)28(31)18-6-4-3-5-7-18)30-11-10-19-12-23-24(34-14-33-23)13-21(19)26(16)30/h3-9,12-13H,2,10-11,14-15H2,1H3/q+1. The van der Waals surface area contributed by atoms with Crippen molar-refractivity contribution in [1.29, 1.82) is 0 Å². The highest BCUT2D eigenvalue weighted by atomic mass is 16.7. The third kappa shape index (κ3) is 2.83. The summed E-state index contributed by atoms with van der Waals surface area (Å²) >= 11 is 0. The molecule has 0 saturated heterocycles. The van der Waals surface area contributed by atoms with Crippen molar-refractivity contribution >= 4 is 22.1 Å². The molecule has 3 aromatic carbocycles. The second-order valence-corrected chi connectivity index (χ2v) is 8.98. The Hall–Kier alpha value is -4.32. The number of Topliss-reactive ketones (excluding diaryl/α,β-unsaturated/α-hetero) is 1. The fourth-order valence-electron chi connectivity index (χ4n) is 5.50. The molecule has 35 heavy (non-hydrogen) atoms. The lowest BCUT2D eigenvalue weighted by Gasteiger charge is -2.22. The van der Waals surface area contributed by atoms with Gasteiger partial charge in [0.05, 0.1) is 11.1 Å². The van der Waals surface area contributed by atoms with E-state index in [0.717, 1.165) is 51.2 Å². The number of rotatable bonds is 3. The van der Waals surface area contributed by atoms with Gasteiger partial charge >= 0.3 is 0 Å². The summed E-state index contributed by atoms with van der Waals surface area (Å²) in [6, 6.07) is 17.4. The van der Waals surface area contributed by atoms with Crippen molar-refractivity contribution in [2.24, 2.45) is 0 Å². The quantitative estimate of drug-likeness (QED) is 0.242. The zero-order valence-corrected chi connectivity index (χ0v) is 19.2. The summed E-state index contributed by atoms with van der Waals surface area (Å²) < 4.78 is 25.2. The van der Waals surface area contributed by atoms with Gasteiger partial charge in [-0.2, -0.15) is 4.57 Å². The number of hydrogen-bond donors (Lipinski definition) is 0. The fourth-order valence-corrected chi connectivity index (χ4v) is 5.50. The predicted octanol–water partition coefficient (Wildman–Crippen LogP) is 5.01. The predicted molar refractivity (Wildman–Crippen MR) is 130 cm³/mol. The second-order valence-electron chi connectivity index (χ2n) is 8.98. The summed E-state index contributed by atoms with van der Waals surface area (Å²) in [4.78, 5) is 13.6. The van der Waals surface area contributed by atoms with Crippen LogP contribution >= 0.6 is 0 Å². The van der Waals surface area contributed by atoms with Gasteiger partial charge in [-0.15, -0.1) is 0 Å². The van der Waals surface area contributed by atoms with Crippen LogP contribution in [0.5, 0.6) is 23.0 Å². The van der Waals surface area contributed by atoms with Crippen molar-refractivity contribution in [3.8, 4) is 34.3 Å².